The number of benzene rings is 1. The van der Waals surface area contributed by atoms with Gasteiger partial charge in [-0.15, -0.1) is 0 Å². The summed E-state index contributed by atoms with van der Waals surface area (Å²) < 4.78 is 16.4. The minimum absolute atomic E-state index is 0.306. The SMILES string of the molecule is Cc1c(C)c2ccc(OCc3cc(C4CCC4)no3)cc2oc1=O. The molecule has 0 aliphatic heterocycles. The van der Waals surface area contributed by atoms with Gasteiger partial charge < -0.3 is 13.7 Å². The summed E-state index contributed by atoms with van der Waals surface area (Å²) in [5.74, 6) is 1.89. The fraction of sp³-hybridized carbons (Fsp3) is 0.368. The molecule has 1 aromatic carbocycles. The highest BCUT2D eigenvalue weighted by Crippen LogP contribution is 2.35. The molecule has 0 radical (unpaired) electrons. The van der Waals surface area contributed by atoms with Crippen LogP contribution in [-0.4, -0.2) is 5.16 Å². The smallest absolute Gasteiger partial charge is 0.339 e. The molecule has 1 aliphatic rings. The van der Waals surface area contributed by atoms with Crippen molar-refractivity contribution >= 4 is 11.0 Å². The van der Waals surface area contributed by atoms with Crippen LogP contribution in [0.25, 0.3) is 11.0 Å². The molecule has 0 saturated heterocycles. The topological polar surface area (TPSA) is 65.5 Å². The molecule has 0 unspecified atom stereocenters. The van der Waals surface area contributed by atoms with Gasteiger partial charge in [-0.3, -0.25) is 0 Å². The summed E-state index contributed by atoms with van der Waals surface area (Å²) in [6, 6.07) is 7.50. The van der Waals surface area contributed by atoms with E-state index < -0.39 is 0 Å². The molecule has 124 valence electrons. The highest BCUT2D eigenvalue weighted by Gasteiger charge is 2.23. The second-order valence-corrected chi connectivity index (χ2v) is 6.43. The van der Waals surface area contributed by atoms with Crippen LogP contribution in [0.1, 0.15) is 47.8 Å². The van der Waals surface area contributed by atoms with Gasteiger partial charge in [0.25, 0.3) is 0 Å². The molecule has 0 bridgehead atoms. The van der Waals surface area contributed by atoms with Gasteiger partial charge in [0, 0.05) is 29.0 Å². The molecule has 5 nitrogen and oxygen atoms in total. The molecule has 0 atom stereocenters. The first-order valence-electron chi connectivity index (χ1n) is 8.24. The van der Waals surface area contributed by atoms with Gasteiger partial charge in [0.2, 0.25) is 0 Å². The Hall–Kier alpha value is -2.56. The minimum Gasteiger partial charge on any atom is -0.485 e. The Morgan fingerprint density at radius 2 is 2.04 bits per heavy atom. The second kappa shape index (κ2) is 5.82. The predicted molar refractivity (Wildman–Crippen MR) is 89.4 cm³/mol. The van der Waals surface area contributed by atoms with Crippen molar-refractivity contribution in [3.63, 3.8) is 0 Å². The number of aryl methyl sites for hydroxylation is 1. The van der Waals surface area contributed by atoms with E-state index in [-0.39, 0.29) is 5.63 Å². The van der Waals surface area contributed by atoms with Crippen LogP contribution in [0.3, 0.4) is 0 Å². The highest BCUT2D eigenvalue weighted by atomic mass is 16.5. The van der Waals surface area contributed by atoms with Gasteiger partial charge in [0.05, 0.1) is 5.69 Å². The molecule has 4 rings (SSSR count). The third-order valence-electron chi connectivity index (χ3n) is 4.91. The van der Waals surface area contributed by atoms with Crippen LogP contribution in [0, 0.1) is 13.8 Å². The van der Waals surface area contributed by atoms with Crippen LogP contribution >= 0.6 is 0 Å². The molecule has 24 heavy (non-hydrogen) atoms. The molecule has 3 aromatic rings. The number of hydrogen-bond donors (Lipinski definition) is 0. The highest BCUT2D eigenvalue weighted by molar-refractivity contribution is 5.82. The summed E-state index contributed by atoms with van der Waals surface area (Å²) in [6.07, 6.45) is 3.65. The van der Waals surface area contributed by atoms with Crippen LogP contribution in [0.2, 0.25) is 0 Å². The van der Waals surface area contributed by atoms with E-state index in [0.29, 0.717) is 35.2 Å². The summed E-state index contributed by atoms with van der Waals surface area (Å²) in [7, 11) is 0. The van der Waals surface area contributed by atoms with Crippen LogP contribution in [0.15, 0.2) is 38.0 Å². The van der Waals surface area contributed by atoms with Gasteiger partial charge in [-0.25, -0.2) is 4.79 Å². The van der Waals surface area contributed by atoms with Crippen LogP contribution < -0.4 is 10.4 Å². The maximum absolute atomic E-state index is 11.8. The quantitative estimate of drug-likeness (QED) is 0.671. The molecule has 1 saturated carbocycles. The van der Waals surface area contributed by atoms with Gasteiger partial charge in [-0.2, -0.15) is 0 Å². The van der Waals surface area contributed by atoms with Crippen molar-refractivity contribution < 1.29 is 13.7 Å². The number of rotatable bonds is 4. The van der Waals surface area contributed by atoms with Crippen molar-refractivity contribution in [2.24, 2.45) is 0 Å². The average Bonchev–Trinajstić information content (AvgIpc) is 2.97. The van der Waals surface area contributed by atoms with Gasteiger partial charge >= 0.3 is 5.63 Å². The number of aromatic nitrogens is 1. The molecule has 2 heterocycles. The van der Waals surface area contributed by atoms with E-state index in [1.54, 1.807) is 13.0 Å². The normalized spacial score (nSPS) is 14.8. The van der Waals surface area contributed by atoms with E-state index in [0.717, 1.165) is 16.6 Å². The van der Waals surface area contributed by atoms with Crippen molar-refractivity contribution in [3.05, 3.63) is 57.3 Å². The summed E-state index contributed by atoms with van der Waals surface area (Å²) in [4.78, 5) is 11.8. The largest absolute Gasteiger partial charge is 0.485 e. The Labute approximate surface area is 139 Å². The first kappa shape index (κ1) is 15.0. The maximum Gasteiger partial charge on any atom is 0.339 e. The Morgan fingerprint density at radius 1 is 1.21 bits per heavy atom. The maximum atomic E-state index is 11.8. The average molecular weight is 325 g/mol. The second-order valence-electron chi connectivity index (χ2n) is 6.43. The number of nitrogens with zero attached hydrogens (tertiary/aromatic N) is 1. The Kier molecular flexibility index (Phi) is 3.63. The van der Waals surface area contributed by atoms with Crippen molar-refractivity contribution in [3.8, 4) is 5.75 Å². The summed E-state index contributed by atoms with van der Waals surface area (Å²) >= 11 is 0. The summed E-state index contributed by atoms with van der Waals surface area (Å²) in [5, 5.41) is 5.04. The Morgan fingerprint density at radius 3 is 2.79 bits per heavy atom. The molecular weight excluding hydrogens is 306 g/mol. The van der Waals surface area contributed by atoms with E-state index in [4.69, 9.17) is 13.7 Å². The molecule has 1 aliphatic carbocycles. The van der Waals surface area contributed by atoms with E-state index in [1.807, 2.05) is 25.1 Å². The lowest BCUT2D eigenvalue weighted by Crippen LogP contribution is -2.08. The monoisotopic (exact) mass is 325 g/mol. The zero-order valence-corrected chi connectivity index (χ0v) is 13.8. The van der Waals surface area contributed by atoms with E-state index in [1.165, 1.54) is 19.3 Å². The van der Waals surface area contributed by atoms with Crippen molar-refractivity contribution in [2.45, 2.75) is 45.6 Å². The number of hydrogen-bond acceptors (Lipinski definition) is 5. The van der Waals surface area contributed by atoms with Crippen LogP contribution in [-0.2, 0) is 6.61 Å². The zero-order valence-electron chi connectivity index (χ0n) is 13.8. The number of fused-ring (bicyclic) bond motifs is 1. The van der Waals surface area contributed by atoms with E-state index in [2.05, 4.69) is 5.16 Å². The van der Waals surface area contributed by atoms with Crippen molar-refractivity contribution in [1.29, 1.82) is 0 Å². The third kappa shape index (κ3) is 2.60. The summed E-state index contributed by atoms with van der Waals surface area (Å²) in [6.45, 7) is 4.00. The first-order chi connectivity index (χ1) is 11.6. The standard InChI is InChI=1S/C19H19NO4/c1-11-12(2)19(21)23-18-9-14(6-7-16(11)18)22-10-15-8-17(20-24-15)13-4-3-5-13/h6-9,13H,3-5,10H2,1-2H3. The molecule has 0 spiro atoms. The predicted octanol–water partition coefficient (Wildman–Crippen LogP) is 4.24. The molecule has 0 N–H and O–H groups in total. The fourth-order valence-corrected chi connectivity index (χ4v) is 2.97. The van der Waals surface area contributed by atoms with Gasteiger partial charge in [0.1, 0.15) is 17.9 Å². The zero-order chi connectivity index (χ0) is 16.7. The molecule has 0 amide bonds. The number of ether oxygens (including phenoxy) is 1. The van der Waals surface area contributed by atoms with Crippen LogP contribution in [0.4, 0.5) is 0 Å². The van der Waals surface area contributed by atoms with Gasteiger partial charge in [-0.1, -0.05) is 11.6 Å². The minimum atomic E-state index is -0.308. The lowest BCUT2D eigenvalue weighted by Gasteiger charge is -2.22. The lowest BCUT2D eigenvalue weighted by atomic mass is 9.83. The first-order valence-corrected chi connectivity index (χ1v) is 8.24. The Bertz CT molecular complexity index is 950. The van der Waals surface area contributed by atoms with E-state index in [9.17, 15) is 4.79 Å². The summed E-state index contributed by atoms with van der Waals surface area (Å²) in [5.41, 5.74) is 2.83. The third-order valence-corrected chi connectivity index (χ3v) is 4.91. The van der Waals surface area contributed by atoms with Crippen molar-refractivity contribution in [2.75, 3.05) is 0 Å². The van der Waals surface area contributed by atoms with E-state index >= 15 is 0 Å². The van der Waals surface area contributed by atoms with Crippen LogP contribution in [0.5, 0.6) is 5.75 Å². The molecule has 1 fully saturated rings. The lowest BCUT2D eigenvalue weighted by molar-refractivity contribution is 0.246. The fourth-order valence-electron chi connectivity index (χ4n) is 2.97. The van der Waals surface area contributed by atoms with Crippen molar-refractivity contribution in [1.82, 2.24) is 5.16 Å². The molecular formula is C19H19NO4. The molecule has 5 heteroatoms. The molecule has 2 aromatic heterocycles. The van der Waals surface area contributed by atoms with Gasteiger partial charge in [-0.05, 0) is 44.4 Å². The van der Waals surface area contributed by atoms with Gasteiger partial charge in [0.15, 0.2) is 5.76 Å². The Balaban J connectivity index is 1.53.